The average Bonchev–Trinajstić information content (AvgIpc) is 2.94. The van der Waals surface area contributed by atoms with Gasteiger partial charge in [0.15, 0.2) is 0 Å². The first-order valence-electron chi connectivity index (χ1n) is 7.19. The third-order valence-electron chi connectivity index (χ3n) is 3.57. The average molecular weight is 372 g/mol. The van der Waals surface area contributed by atoms with Gasteiger partial charge in [-0.1, -0.05) is 30.7 Å². The molecule has 0 saturated heterocycles. The Morgan fingerprint density at radius 3 is 2.58 bits per heavy atom. The van der Waals surface area contributed by atoms with Crippen LogP contribution in [0.1, 0.15) is 34.1 Å². The van der Waals surface area contributed by atoms with Crippen LogP contribution in [0.3, 0.4) is 0 Å². The highest BCUT2D eigenvalue weighted by atomic mass is 35.5. The van der Waals surface area contributed by atoms with Crippen LogP contribution in [0.2, 0.25) is 5.02 Å². The summed E-state index contributed by atoms with van der Waals surface area (Å²) >= 11 is 6.17. The second-order valence-electron chi connectivity index (χ2n) is 5.41. The molecule has 0 atom stereocenters. The van der Waals surface area contributed by atoms with E-state index in [1.807, 2.05) is 19.1 Å². The fraction of sp³-hybridized carbons (Fsp3) is 0.333. The Balaban J connectivity index is 2.51. The minimum atomic E-state index is -3.88. The Morgan fingerprint density at radius 2 is 2.04 bits per heavy atom. The van der Waals surface area contributed by atoms with Gasteiger partial charge in [-0.25, -0.2) is 4.79 Å². The number of hydrogen-bond acceptors (Lipinski definition) is 4. The summed E-state index contributed by atoms with van der Waals surface area (Å²) in [4.78, 5) is 11.4. The molecule has 0 fully saturated rings. The Kier molecular flexibility index (Phi) is 5.32. The zero-order valence-electron chi connectivity index (χ0n) is 13.5. The molecule has 0 radical (unpaired) electrons. The van der Waals surface area contributed by atoms with Gasteiger partial charge in [-0.3, -0.25) is 0 Å². The zero-order valence-corrected chi connectivity index (χ0v) is 15.1. The lowest BCUT2D eigenvalue weighted by Crippen LogP contribution is -2.29. The van der Waals surface area contributed by atoms with Crippen LogP contribution in [0.5, 0.6) is 0 Å². The predicted molar refractivity (Wildman–Crippen MR) is 90.8 cm³/mol. The third-order valence-corrected chi connectivity index (χ3v) is 5.53. The molecule has 24 heavy (non-hydrogen) atoms. The van der Waals surface area contributed by atoms with Gasteiger partial charge in [0, 0.05) is 25.5 Å². The van der Waals surface area contributed by atoms with Gasteiger partial charge < -0.3 is 5.11 Å². The number of hydrogen-bond donors (Lipinski definition) is 1. The predicted octanol–water partition coefficient (Wildman–Crippen LogP) is 2.04. The Morgan fingerprint density at radius 1 is 1.38 bits per heavy atom. The van der Waals surface area contributed by atoms with E-state index >= 15 is 0 Å². The molecule has 130 valence electrons. The highest BCUT2D eigenvalue weighted by molar-refractivity contribution is 7.87. The summed E-state index contributed by atoms with van der Waals surface area (Å²) in [5, 5.41) is 13.8. The molecule has 1 aromatic carbocycles. The SMILES string of the molecule is CCc1ccc(Cl)c(Cc2nn(S(=O)(=O)N(C)C)cc2C(=O)O)c1. The lowest BCUT2D eigenvalue weighted by molar-refractivity contribution is 0.0696. The Bertz CT molecular complexity index is 875. The van der Waals surface area contributed by atoms with Gasteiger partial charge in [-0.2, -0.15) is 21.9 Å². The number of nitrogens with zero attached hydrogens (tertiary/aromatic N) is 3. The monoisotopic (exact) mass is 371 g/mol. The molecule has 0 aliphatic rings. The summed E-state index contributed by atoms with van der Waals surface area (Å²) in [6, 6.07) is 5.50. The van der Waals surface area contributed by atoms with E-state index in [4.69, 9.17) is 11.6 Å². The van der Waals surface area contributed by atoms with Crippen LogP contribution in [-0.2, 0) is 23.1 Å². The van der Waals surface area contributed by atoms with Gasteiger partial charge in [0.2, 0.25) is 0 Å². The number of aromatic nitrogens is 2. The summed E-state index contributed by atoms with van der Waals surface area (Å²) in [6.07, 6.45) is 1.94. The molecule has 0 amide bonds. The molecule has 0 aliphatic heterocycles. The van der Waals surface area contributed by atoms with Gasteiger partial charge in [0.25, 0.3) is 0 Å². The van der Waals surface area contributed by atoms with E-state index in [2.05, 4.69) is 5.10 Å². The fourth-order valence-electron chi connectivity index (χ4n) is 2.15. The van der Waals surface area contributed by atoms with E-state index in [9.17, 15) is 18.3 Å². The molecule has 7 nitrogen and oxygen atoms in total. The van der Waals surface area contributed by atoms with Crippen LogP contribution in [0.15, 0.2) is 24.4 Å². The van der Waals surface area contributed by atoms with Crippen LogP contribution < -0.4 is 0 Å². The molecule has 1 N–H and O–H groups in total. The van der Waals surface area contributed by atoms with Gasteiger partial charge in [-0.05, 0) is 23.6 Å². The summed E-state index contributed by atoms with van der Waals surface area (Å²) in [7, 11) is -1.19. The van der Waals surface area contributed by atoms with Crippen molar-refractivity contribution in [2.45, 2.75) is 19.8 Å². The third kappa shape index (κ3) is 3.61. The first-order valence-corrected chi connectivity index (χ1v) is 8.96. The summed E-state index contributed by atoms with van der Waals surface area (Å²) < 4.78 is 25.9. The fourth-order valence-corrected chi connectivity index (χ4v) is 3.10. The summed E-state index contributed by atoms with van der Waals surface area (Å²) in [5.41, 5.74) is 1.72. The van der Waals surface area contributed by atoms with Gasteiger partial charge in [0.05, 0.1) is 11.9 Å². The first-order chi connectivity index (χ1) is 11.2. The normalized spacial score (nSPS) is 11.9. The van der Waals surface area contributed by atoms with Crippen LogP contribution in [-0.4, -0.2) is 47.1 Å². The van der Waals surface area contributed by atoms with Crippen molar-refractivity contribution in [3.05, 3.63) is 51.8 Å². The van der Waals surface area contributed by atoms with Crippen molar-refractivity contribution < 1.29 is 18.3 Å². The number of halogens is 1. The van der Waals surface area contributed by atoms with E-state index in [1.165, 1.54) is 14.1 Å². The molecule has 0 aliphatic carbocycles. The number of aromatic carboxylic acids is 1. The number of benzene rings is 1. The van der Waals surface area contributed by atoms with Crippen molar-refractivity contribution in [1.29, 1.82) is 0 Å². The Labute approximate surface area is 145 Å². The van der Waals surface area contributed by atoms with Gasteiger partial charge in [-0.15, -0.1) is 0 Å². The number of carboxylic acid groups (broad SMARTS) is 1. The quantitative estimate of drug-likeness (QED) is 0.838. The largest absolute Gasteiger partial charge is 0.478 e. The van der Waals surface area contributed by atoms with E-state index in [1.54, 1.807) is 6.07 Å². The first kappa shape index (κ1) is 18.4. The second-order valence-corrected chi connectivity index (χ2v) is 7.82. The molecule has 0 spiro atoms. The van der Waals surface area contributed by atoms with Crippen molar-refractivity contribution in [1.82, 2.24) is 13.5 Å². The zero-order chi connectivity index (χ0) is 18.1. The molecule has 1 aromatic heterocycles. The minimum Gasteiger partial charge on any atom is -0.478 e. The number of rotatable bonds is 6. The van der Waals surface area contributed by atoms with Crippen LogP contribution in [0, 0.1) is 0 Å². The van der Waals surface area contributed by atoms with Crippen LogP contribution in [0.4, 0.5) is 0 Å². The van der Waals surface area contributed by atoms with E-state index in [0.717, 1.165) is 22.5 Å². The highest BCUT2D eigenvalue weighted by Gasteiger charge is 2.24. The molecule has 0 bridgehead atoms. The summed E-state index contributed by atoms with van der Waals surface area (Å²) in [5.74, 6) is -1.24. The molecular weight excluding hydrogens is 354 g/mol. The second kappa shape index (κ2) is 6.92. The lowest BCUT2D eigenvalue weighted by atomic mass is 10.0. The van der Waals surface area contributed by atoms with Crippen LogP contribution in [0.25, 0.3) is 0 Å². The molecule has 0 unspecified atom stereocenters. The minimum absolute atomic E-state index is 0.129. The topological polar surface area (TPSA) is 92.5 Å². The highest BCUT2D eigenvalue weighted by Crippen LogP contribution is 2.23. The molecule has 1 heterocycles. The smallest absolute Gasteiger partial charge is 0.339 e. The van der Waals surface area contributed by atoms with Crippen molar-refractivity contribution in [3.63, 3.8) is 0 Å². The maximum absolute atomic E-state index is 12.1. The van der Waals surface area contributed by atoms with Crippen LogP contribution >= 0.6 is 11.6 Å². The Hall–Kier alpha value is -1.90. The van der Waals surface area contributed by atoms with E-state index < -0.39 is 16.2 Å². The van der Waals surface area contributed by atoms with Crippen molar-refractivity contribution in [2.75, 3.05) is 14.1 Å². The molecule has 2 rings (SSSR count). The van der Waals surface area contributed by atoms with Gasteiger partial charge >= 0.3 is 16.2 Å². The standard InChI is InChI=1S/C15H18ClN3O4S/c1-4-10-5-6-13(16)11(7-10)8-14-12(15(20)21)9-19(17-14)24(22,23)18(2)3/h5-7,9H,4,8H2,1-3H3,(H,20,21). The maximum atomic E-state index is 12.1. The number of carboxylic acids is 1. The van der Waals surface area contributed by atoms with Gasteiger partial charge in [0.1, 0.15) is 5.56 Å². The summed E-state index contributed by atoms with van der Waals surface area (Å²) in [6.45, 7) is 1.99. The number of carbonyl (C=O) groups is 1. The lowest BCUT2D eigenvalue weighted by Gasteiger charge is -2.10. The molecule has 0 saturated carbocycles. The molecule has 9 heteroatoms. The van der Waals surface area contributed by atoms with Crippen molar-refractivity contribution in [2.24, 2.45) is 0 Å². The molecular formula is C15H18ClN3O4S. The van der Waals surface area contributed by atoms with Crippen molar-refractivity contribution in [3.8, 4) is 0 Å². The number of aryl methyl sites for hydroxylation is 1. The maximum Gasteiger partial charge on any atom is 0.339 e. The molecule has 2 aromatic rings. The van der Waals surface area contributed by atoms with Crippen molar-refractivity contribution >= 4 is 27.8 Å². The van der Waals surface area contributed by atoms with E-state index in [0.29, 0.717) is 14.7 Å². The van der Waals surface area contributed by atoms with E-state index in [-0.39, 0.29) is 17.7 Å².